The summed E-state index contributed by atoms with van der Waals surface area (Å²) in [6.07, 6.45) is -2.04. The monoisotopic (exact) mass is 215 g/mol. The molecule has 0 aliphatic carbocycles. The molecule has 0 aliphatic heterocycles. The first kappa shape index (κ1) is 12.1. The van der Waals surface area contributed by atoms with Crippen molar-refractivity contribution in [3.63, 3.8) is 0 Å². The van der Waals surface area contributed by atoms with Gasteiger partial charge in [0, 0.05) is 0 Å². The summed E-state index contributed by atoms with van der Waals surface area (Å²) in [6.45, 7) is -1.31. The Balaban J connectivity index is 3.64. The highest BCUT2D eigenvalue weighted by atomic mass is 32.2. The Morgan fingerprint density at radius 3 is 2.46 bits per heavy atom. The van der Waals surface area contributed by atoms with E-state index in [4.69, 9.17) is 0 Å². The third-order valence-corrected chi connectivity index (χ3v) is 1.43. The molecule has 0 aromatic rings. The van der Waals surface area contributed by atoms with Crippen LogP contribution in [-0.4, -0.2) is 40.2 Å². The van der Waals surface area contributed by atoms with E-state index in [1.54, 1.807) is 0 Å². The van der Waals surface area contributed by atoms with Crippen molar-refractivity contribution in [2.24, 2.45) is 5.73 Å². The van der Waals surface area contributed by atoms with E-state index in [0.717, 1.165) is 6.26 Å². The van der Waals surface area contributed by atoms with Crippen molar-refractivity contribution in [3.8, 4) is 0 Å². The van der Waals surface area contributed by atoms with E-state index < -0.39 is 35.6 Å². The van der Waals surface area contributed by atoms with Crippen molar-refractivity contribution in [1.29, 1.82) is 0 Å². The molecule has 0 heterocycles. The van der Waals surface area contributed by atoms with Crippen LogP contribution in [0.1, 0.15) is 0 Å². The molecule has 0 saturated heterocycles. The maximum Gasteiger partial charge on any atom is 0.404 e. The first-order chi connectivity index (χ1) is 5.81. The molecule has 0 rings (SSSR count). The minimum atomic E-state index is -3.67. The topological polar surface area (TPSA) is 95.7 Å². The van der Waals surface area contributed by atoms with Crippen LogP contribution in [0, 0.1) is 0 Å². The Labute approximate surface area is 74.9 Å². The van der Waals surface area contributed by atoms with E-state index in [9.17, 15) is 17.6 Å². The van der Waals surface area contributed by atoms with Crippen LogP contribution in [0.5, 0.6) is 0 Å². The maximum atomic E-state index is 12.6. The lowest BCUT2D eigenvalue weighted by Gasteiger charge is -2.06. The number of primary amides is 1. The molecule has 0 fully saturated rings. The predicted molar refractivity (Wildman–Crippen MR) is 41.2 cm³/mol. The number of amides is 1. The molecule has 1 amide bonds. The van der Waals surface area contributed by atoms with Crippen LogP contribution in [0.4, 0.5) is 9.18 Å². The van der Waals surface area contributed by atoms with Crippen molar-refractivity contribution >= 4 is 16.2 Å². The lowest BCUT2D eigenvalue weighted by Crippen LogP contribution is -2.23. The normalized spacial score (nSPS) is 13.7. The fourth-order valence-electron chi connectivity index (χ4n) is 0.418. The number of rotatable bonds is 5. The molecule has 6 nitrogen and oxygen atoms in total. The SMILES string of the molecule is CS(=O)(=O)OCC(F)COC(N)=O. The minimum Gasteiger partial charge on any atom is -0.447 e. The molecule has 0 spiro atoms. The van der Waals surface area contributed by atoms with Crippen LogP contribution in [-0.2, 0) is 19.0 Å². The van der Waals surface area contributed by atoms with Crippen molar-refractivity contribution in [1.82, 2.24) is 0 Å². The average molecular weight is 215 g/mol. The van der Waals surface area contributed by atoms with Gasteiger partial charge >= 0.3 is 6.09 Å². The van der Waals surface area contributed by atoms with E-state index in [-0.39, 0.29) is 0 Å². The highest BCUT2D eigenvalue weighted by molar-refractivity contribution is 7.85. The second-order valence-corrected chi connectivity index (χ2v) is 3.86. The van der Waals surface area contributed by atoms with Crippen LogP contribution in [0.3, 0.4) is 0 Å². The van der Waals surface area contributed by atoms with Crippen molar-refractivity contribution in [2.75, 3.05) is 19.5 Å². The molecule has 2 N–H and O–H groups in total. The number of alkyl halides is 1. The maximum absolute atomic E-state index is 12.6. The smallest absolute Gasteiger partial charge is 0.404 e. The number of hydrogen-bond acceptors (Lipinski definition) is 5. The Morgan fingerprint density at radius 2 is 2.08 bits per heavy atom. The molecule has 1 unspecified atom stereocenters. The van der Waals surface area contributed by atoms with Gasteiger partial charge < -0.3 is 10.5 Å². The van der Waals surface area contributed by atoms with Gasteiger partial charge in [0.2, 0.25) is 0 Å². The lowest BCUT2D eigenvalue weighted by atomic mass is 10.4. The van der Waals surface area contributed by atoms with Crippen LogP contribution in [0.15, 0.2) is 0 Å². The van der Waals surface area contributed by atoms with Gasteiger partial charge in [-0.05, 0) is 0 Å². The predicted octanol–water partition coefficient (Wildman–Crippen LogP) is -0.604. The summed E-state index contributed by atoms with van der Waals surface area (Å²) in [6, 6.07) is 0. The summed E-state index contributed by atoms with van der Waals surface area (Å²) in [4.78, 5) is 9.98. The van der Waals surface area contributed by atoms with Crippen molar-refractivity contribution in [2.45, 2.75) is 6.17 Å². The number of nitrogens with two attached hydrogens (primary N) is 1. The Morgan fingerprint density at radius 1 is 1.54 bits per heavy atom. The van der Waals surface area contributed by atoms with E-state index in [2.05, 4.69) is 14.7 Å². The summed E-state index contributed by atoms with van der Waals surface area (Å²) in [5.41, 5.74) is 4.54. The quantitative estimate of drug-likeness (QED) is 0.617. The zero-order valence-electron chi connectivity index (χ0n) is 6.90. The molecule has 0 aromatic carbocycles. The number of carbonyl (C=O) groups is 1. The van der Waals surface area contributed by atoms with Gasteiger partial charge in [-0.3, -0.25) is 4.18 Å². The second kappa shape index (κ2) is 4.97. The van der Waals surface area contributed by atoms with Crippen molar-refractivity contribution in [3.05, 3.63) is 0 Å². The number of carbonyl (C=O) groups excluding carboxylic acids is 1. The first-order valence-electron chi connectivity index (χ1n) is 3.22. The van der Waals surface area contributed by atoms with Gasteiger partial charge in [0.05, 0.1) is 6.26 Å². The second-order valence-electron chi connectivity index (χ2n) is 2.22. The molecule has 78 valence electrons. The van der Waals surface area contributed by atoms with Gasteiger partial charge in [0.1, 0.15) is 13.2 Å². The van der Waals surface area contributed by atoms with Crippen molar-refractivity contribution < 1.29 is 26.5 Å². The summed E-state index contributed by atoms with van der Waals surface area (Å²) in [5.74, 6) is 0. The van der Waals surface area contributed by atoms with Crippen LogP contribution < -0.4 is 5.73 Å². The Hall–Kier alpha value is -0.890. The van der Waals surface area contributed by atoms with Crippen LogP contribution in [0.2, 0.25) is 0 Å². The zero-order chi connectivity index (χ0) is 10.5. The van der Waals surface area contributed by atoms with E-state index in [1.807, 2.05) is 0 Å². The molecule has 0 radical (unpaired) electrons. The van der Waals surface area contributed by atoms with Gasteiger partial charge in [-0.15, -0.1) is 0 Å². The lowest BCUT2D eigenvalue weighted by molar-refractivity contribution is 0.0961. The van der Waals surface area contributed by atoms with Crippen LogP contribution >= 0.6 is 0 Å². The Kier molecular flexibility index (Phi) is 4.63. The zero-order valence-corrected chi connectivity index (χ0v) is 7.71. The fraction of sp³-hybridized carbons (Fsp3) is 0.800. The van der Waals surface area contributed by atoms with E-state index in [1.165, 1.54) is 0 Å². The third kappa shape index (κ3) is 9.02. The highest BCUT2D eigenvalue weighted by Gasteiger charge is 2.12. The average Bonchev–Trinajstić information content (AvgIpc) is 1.95. The standard InChI is InChI=1S/C5H10FNO5S/c1-13(9,10)12-3-4(6)2-11-5(7)8/h4H,2-3H2,1H3,(H2,7,8). The largest absolute Gasteiger partial charge is 0.447 e. The van der Waals surface area contributed by atoms with E-state index >= 15 is 0 Å². The highest BCUT2D eigenvalue weighted by Crippen LogP contribution is 1.96. The third-order valence-electron chi connectivity index (χ3n) is 0.869. The minimum absolute atomic E-state index is 0.620. The molecular weight excluding hydrogens is 205 g/mol. The van der Waals surface area contributed by atoms with Gasteiger partial charge in [0.25, 0.3) is 10.1 Å². The number of hydrogen-bond donors (Lipinski definition) is 1. The first-order valence-corrected chi connectivity index (χ1v) is 5.03. The van der Waals surface area contributed by atoms with Gasteiger partial charge in [0.15, 0.2) is 6.17 Å². The molecule has 1 atom stereocenters. The van der Waals surface area contributed by atoms with Gasteiger partial charge in [-0.1, -0.05) is 0 Å². The summed E-state index contributed by atoms with van der Waals surface area (Å²) >= 11 is 0. The number of halogens is 1. The summed E-state index contributed by atoms with van der Waals surface area (Å²) in [7, 11) is -3.67. The molecular formula is C5H10FNO5S. The van der Waals surface area contributed by atoms with E-state index in [0.29, 0.717) is 0 Å². The van der Waals surface area contributed by atoms with Crippen LogP contribution in [0.25, 0.3) is 0 Å². The molecule has 0 aromatic heterocycles. The molecule has 13 heavy (non-hydrogen) atoms. The summed E-state index contributed by atoms with van der Waals surface area (Å²) < 4.78 is 41.4. The molecule has 0 bridgehead atoms. The fourth-order valence-corrected chi connectivity index (χ4v) is 0.813. The van der Waals surface area contributed by atoms with Gasteiger partial charge in [-0.2, -0.15) is 8.42 Å². The van der Waals surface area contributed by atoms with Gasteiger partial charge in [-0.25, -0.2) is 9.18 Å². The molecule has 8 heteroatoms. The number of ether oxygens (including phenoxy) is 1. The molecule has 0 saturated carbocycles. The molecule has 0 aliphatic rings. The Bertz CT molecular complexity index is 264. The summed E-state index contributed by atoms with van der Waals surface area (Å²) in [5, 5.41) is 0.